The molecule has 146 valence electrons. The van der Waals surface area contributed by atoms with E-state index in [0.717, 1.165) is 31.6 Å². The first-order valence-corrected chi connectivity index (χ1v) is 10.3. The second-order valence-corrected chi connectivity index (χ2v) is 8.28. The molecule has 5 heteroatoms. The molecule has 0 radical (unpaired) electrons. The number of likely N-dealkylation sites (N-methyl/N-ethyl adjacent to an activating group) is 1. The second kappa shape index (κ2) is 7.74. The molecule has 2 unspecified atom stereocenters. The molecule has 1 aliphatic heterocycles. The molecule has 0 amide bonds. The lowest BCUT2D eigenvalue weighted by Crippen LogP contribution is -2.45. The topological polar surface area (TPSA) is 44.5 Å². The van der Waals surface area contributed by atoms with Crippen LogP contribution in [0.5, 0.6) is 0 Å². The summed E-state index contributed by atoms with van der Waals surface area (Å²) in [4.78, 5) is 5.00. The molecule has 0 spiro atoms. The fourth-order valence-electron chi connectivity index (χ4n) is 5.23. The van der Waals surface area contributed by atoms with Gasteiger partial charge in [-0.15, -0.1) is 0 Å². The highest BCUT2D eigenvalue weighted by molar-refractivity contribution is 5.35. The van der Waals surface area contributed by atoms with Crippen LogP contribution in [0.4, 0.5) is 0 Å². The third kappa shape index (κ3) is 3.56. The molecule has 1 fully saturated rings. The van der Waals surface area contributed by atoms with Crippen LogP contribution in [0.1, 0.15) is 48.6 Å². The molecule has 1 saturated heterocycles. The number of hydrogen-bond acceptors (Lipinski definition) is 4. The number of aliphatic hydroxyl groups is 1. The summed E-state index contributed by atoms with van der Waals surface area (Å²) in [5.41, 5.74) is 3.73. The predicted octanol–water partition coefficient (Wildman–Crippen LogP) is 2.78. The quantitative estimate of drug-likeness (QED) is 0.881. The zero-order chi connectivity index (χ0) is 19.0. The van der Waals surface area contributed by atoms with Gasteiger partial charge in [0.05, 0.1) is 12.3 Å². The Bertz CT molecular complexity index is 773. The van der Waals surface area contributed by atoms with Crippen LogP contribution in [0.3, 0.4) is 0 Å². The van der Waals surface area contributed by atoms with Crippen LogP contribution in [0, 0.1) is 5.92 Å². The van der Waals surface area contributed by atoms with Crippen LogP contribution in [0.25, 0.3) is 0 Å². The van der Waals surface area contributed by atoms with Crippen molar-refractivity contribution >= 4 is 0 Å². The maximum absolute atomic E-state index is 10.9. The number of aryl methyl sites for hydroxylation is 1. The van der Waals surface area contributed by atoms with Gasteiger partial charge >= 0.3 is 0 Å². The number of likely N-dealkylation sites (tertiary alicyclic amines) is 1. The zero-order valence-corrected chi connectivity index (χ0v) is 16.8. The number of benzene rings is 1. The standard InChI is InChI=1S/C22H32N4O/c1-4-26-11-7-9-17(21(26)18-13-23-25(3)15-18)14-24(2)20-12-16-8-5-6-10-19(16)22(20)27/h5-6,8,10,13,15,17,20-22,27H,4,7,9,11-12,14H2,1-3H3/t17-,20?,21+,22?/m0/s1. The van der Waals surface area contributed by atoms with E-state index in [0.29, 0.717) is 12.0 Å². The predicted molar refractivity (Wildman–Crippen MR) is 107 cm³/mol. The minimum Gasteiger partial charge on any atom is -0.387 e. The average Bonchev–Trinajstić information content (AvgIpc) is 3.25. The fourth-order valence-corrected chi connectivity index (χ4v) is 5.23. The van der Waals surface area contributed by atoms with Crippen molar-refractivity contribution in [2.45, 2.75) is 44.4 Å². The van der Waals surface area contributed by atoms with E-state index in [1.54, 1.807) is 0 Å². The van der Waals surface area contributed by atoms with E-state index < -0.39 is 0 Å². The van der Waals surface area contributed by atoms with Gasteiger partial charge in [-0.1, -0.05) is 31.2 Å². The number of hydrogen-bond donors (Lipinski definition) is 1. The largest absolute Gasteiger partial charge is 0.387 e. The molecule has 2 heterocycles. The third-order valence-corrected chi connectivity index (χ3v) is 6.59. The molecule has 0 saturated carbocycles. The molecule has 0 bridgehead atoms. The van der Waals surface area contributed by atoms with Crippen molar-refractivity contribution in [3.05, 3.63) is 53.3 Å². The smallest absolute Gasteiger partial charge is 0.0950 e. The normalized spacial score (nSPS) is 28.6. The Morgan fingerprint density at radius 1 is 1.30 bits per heavy atom. The minimum absolute atomic E-state index is 0.175. The van der Waals surface area contributed by atoms with Crippen molar-refractivity contribution in [1.82, 2.24) is 19.6 Å². The lowest BCUT2D eigenvalue weighted by Gasteiger charge is -2.43. The molecule has 5 nitrogen and oxygen atoms in total. The molecule has 1 aromatic carbocycles. The summed E-state index contributed by atoms with van der Waals surface area (Å²) in [6, 6.07) is 8.93. The van der Waals surface area contributed by atoms with Gasteiger partial charge in [0.1, 0.15) is 0 Å². The van der Waals surface area contributed by atoms with Gasteiger partial charge in [0.25, 0.3) is 0 Å². The summed E-state index contributed by atoms with van der Waals surface area (Å²) in [5.74, 6) is 0.559. The first-order chi connectivity index (χ1) is 13.1. The SMILES string of the molecule is CCN1CCC[C@@H](CN(C)C2Cc3ccccc3C2O)[C@@H]1c1cnn(C)c1. The average molecular weight is 369 g/mol. The van der Waals surface area contributed by atoms with E-state index in [4.69, 9.17) is 0 Å². The van der Waals surface area contributed by atoms with Crippen molar-refractivity contribution in [3.63, 3.8) is 0 Å². The van der Waals surface area contributed by atoms with Gasteiger partial charge in [-0.3, -0.25) is 14.5 Å². The van der Waals surface area contributed by atoms with E-state index >= 15 is 0 Å². The number of fused-ring (bicyclic) bond motifs is 1. The van der Waals surface area contributed by atoms with Crippen molar-refractivity contribution in [1.29, 1.82) is 0 Å². The van der Waals surface area contributed by atoms with E-state index in [1.807, 2.05) is 24.0 Å². The summed E-state index contributed by atoms with van der Waals surface area (Å²) < 4.78 is 1.91. The molecule has 27 heavy (non-hydrogen) atoms. The van der Waals surface area contributed by atoms with Crippen molar-refractivity contribution in [2.75, 3.05) is 26.7 Å². The van der Waals surface area contributed by atoms with Crippen LogP contribution in [0.2, 0.25) is 0 Å². The molecule has 1 aromatic heterocycles. The third-order valence-electron chi connectivity index (χ3n) is 6.59. The van der Waals surface area contributed by atoms with Gasteiger partial charge in [-0.05, 0) is 56.4 Å². The van der Waals surface area contributed by atoms with Crippen LogP contribution in [-0.2, 0) is 13.5 Å². The molecule has 4 rings (SSSR count). The Morgan fingerprint density at radius 2 is 2.11 bits per heavy atom. The monoisotopic (exact) mass is 368 g/mol. The van der Waals surface area contributed by atoms with Gasteiger partial charge in [0, 0.05) is 37.4 Å². The number of rotatable bonds is 5. The number of nitrogens with zero attached hydrogens (tertiary/aromatic N) is 4. The lowest BCUT2D eigenvalue weighted by atomic mass is 9.85. The van der Waals surface area contributed by atoms with Crippen LogP contribution in [0.15, 0.2) is 36.7 Å². The lowest BCUT2D eigenvalue weighted by molar-refractivity contribution is 0.0328. The number of piperidine rings is 1. The Morgan fingerprint density at radius 3 is 2.81 bits per heavy atom. The molecule has 4 atom stereocenters. The number of aromatic nitrogens is 2. The van der Waals surface area contributed by atoms with Crippen molar-refractivity contribution in [3.8, 4) is 0 Å². The van der Waals surface area contributed by atoms with Gasteiger partial charge in [-0.25, -0.2) is 0 Å². The first kappa shape index (κ1) is 18.7. The molecule has 2 aromatic rings. The highest BCUT2D eigenvalue weighted by atomic mass is 16.3. The van der Waals surface area contributed by atoms with Gasteiger partial charge in [0.15, 0.2) is 0 Å². The summed E-state index contributed by atoms with van der Waals surface area (Å²) in [6.45, 7) is 5.49. The second-order valence-electron chi connectivity index (χ2n) is 8.28. The van der Waals surface area contributed by atoms with E-state index in [1.165, 1.54) is 24.0 Å². The Labute approximate surface area is 162 Å². The maximum atomic E-state index is 10.9. The van der Waals surface area contributed by atoms with E-state index in [2.05, 4.69) is 53.3 Å². The Balaban J connectivity index is 1.51. The van der Waals surface area contributed by atoms with E-state index in [9.17, 15) is 5.11 Å². The summed E-state index contributed by atoms with van der Waals surface area (Å²) >= 11 is 0. The Kier molecular flexibility index (Phi) is 5.35. The minimum atomic E-state index is -0.381. The van der Waals surface area contributed by atoms with Crippen molar-refractivity contribution < 1.29 is 5.11 Å². The van der Waals surface area contributed by atoms with E-state index in [-0.39, 0.29) is 12.1 Å². The molecular formula is C22H32N4O. The molecule has 2 aliphatic rings. The number of aliphatic hydroxyl groups excluding tert-OH is 1. The highest BCUT2D eigenvalue weighted by Gasteiger charge is 2.38. The van der Waals surface area contributed by atoms with Gasteiger partial charge < -0.3 is 5.11 Å². The molecular weight excluding hydrogens is 336 g/mol. The summed E-state index contributed by atoms with van der Waals surface area (Å²) in [6.07, 6.45) is 7.24. The summed E-state index contributed by atoms with van der Waals surface area (Å²) in [7, 11) is 4.18. The molecule has 1 aliphatic carbocycles. The van der Waals surface area contributed by atoms with Gasteiger partial charge in [0.2, 0.25) is 0 Å². The highest BCUT2D eigenvalue weighted by Crippen LogP contribution is 2.39. The van der Waals surface area contributed by atoms with Crippen LogP contribution < -0.4 is 0 Å². The van der Waals surface area contributed by atoms with Crippen molar-refractivity contribution in [2.24, 2.45) is 13.0 Å². The Hall–Kier alpha value is -1.69. The van der Waals surface area contributed by atoms with Gasteiger partial charge in [-0.2, -0.15) is 5.10 Å². The van der Waals surface area contributed by atoms with Crippen LogP contribution in [-0.4, -0.2) is 57.4 Å². The fraction of sp³-hybridized carbons (Fsp3) is 0.591. The molecule has 1 N–H and O–H groups in total. The van der Waals surface area contributed by atoms with Crippen LogP contribution >= 0.6 is 0 Å². The zero-order valence-electron chi connectivity index (χ0n) is 16.8. The maximum Gasteiger partial charge on any atom is 0.0950 e. The summed E-state index contributed by atoms with van der Waals surface area (Å²) in [5, 5.41) is 15.3. The first-order valence-electron chi connectivity index (χ1n) is 10.3.